The summed E-state index contributed by atoms with van der Waals surface area (Å²) in [6.45, 7) is 1.15. The Morgan fingerprint density at radius 1 is 1.39 bits per heavy atom. The zero-order valence-corrected chi connectivity index (χ0v) is 9.81. The molecule has 1 saturated carbocycles. The van der Waals surface area contributed by atoms with Gasteiger partial charge in [0.05, 0.1) is 12.3 Å². The number of nitrogens with one attached hydrogen (secondary N) is 1. The van der Waals surface area contributed by atoms with Crippen LogP contribution in [0.25, 0.3) is 0 Å². The van der Waals surface area contributed by atoms with Crippen molar-refractivity contribution in [1.29, 1.82) is 0 Å². The molecule has 6 heteroatoms. The van der Waals surface area contributed by atoms with E-state index in [0.29, 0.717) is 24.5 Å². The van der Waals surface area contributed by atoms with E-state index in [0.717, 1.165) is 12.8 Å². The third-order valence-corrected chi connectivity index (χ3v) is 3.66. The quantitative estimate of drug-likeness (QED) is 0.716. The predicted molar refractivity (Wildman–Crippen MR) is 60.2 cm³/mol. The van der Waals surface area contributed by atoms with Crippen LogP contribution in [0.15, 0.2) is 11.4 Å². The predicted octanol–water partition coefficient (Wildman–Crippen LogP) is -0.287. The third kappa shape index (κ3) is 1.60. The lowest BCUT2D eigenvalue weighted by atomic mass is 9.92. The fourth-order valence-electron chi connectivity index (χ4n) is 2.65. The maximum atomic E-state index is 12.2. The van der Waals surface area contributed by atoms with E-state index >= 15 is 0 Å². The zero-order chi connectivity index (χ0) is 12.9. The van der Waals surface area contributed by atoms with E-state index in [9.17, 15) is 14.4 Å². The highest BCUT2D eigenvalue weighted by molar-refractivity contribution is 6.08. The number of carboxylic acid groups (broad SMARTS) is 1. The second kappa shape index (κ2) is 3.83. The molecule has 2 heterocycles. The van der Waals surface area contributed by atoms with E-state index < -0.39 is 11.9 Å². The van der Waals surface area contributed by atoms with Crippen LogP contribution in [0.1, 0.15) is 19.3 Å². The first-order valence-corrected chi connectivity index (χ1v) is 6.15. The first-order valence-electron chi connectivity index (χ1n) is 6.15. The van der Waals surface area contributed by atoms with Crippen LogP contribution in [-0.4, -0.2) is 40.8 Å². The average molecular weight is 250 g/mol. The minimum absolute atomic E-state index is 0.000977. The highest BCUT2D eigenvalue weighted by Gasteiger charge is 2.48. The highest BCUT2D eigenvalue weighted by Crippen LogP contribution is 2.40. The van der Waals surface area contributed by atoms with E-state index in [1.807, 2.05) is 0 Å². The van der Waals surface area contributed by atoms with E-state index in [1.54, 1.807) is 0 Å². The largest absolute Gasteiger partial charge is 0.481 e. The average Bonchev–Trinajstić information content (AvgIpc) is 3.00. The van der Waals surface area contributed by atoms with Crippen molar-refractivity contribution >= 4 is 17.7 Å². The molecule has 0 spiro atoms. The van der Waals surface area contributed by atoms with E-state index in [-0.39, 0.29) is 24.0 Å². The summed E-state index contributed by atoms with van der Waals surface area (Å²) < 4.78 is 0. The molecule has 3 rings (SSSR count). The first kappa shape index (κ1) is 11.3. The molecule has 1 aliphatic carbocycles. The van der Waals surface area contributed by atoms with Gasteiger partial charge >= 0.3 is 5.97 Å². The van der Waals surface area contributed by atoms with Crippen LogP contribution in [0.5, 0.6) is 0 Å². The van der Waals surface area contributed by atoms with Gasteiger partial charge in [-0.2, -0.15) is 0 Å². The molecule has 2 fully saturated rings. The summed E-state index contributed by atoms with van der Waals surface area (Å²) in [5.41, 5.74) is 0.405. The van der Waals surface area contributed by atoms with Crippen molar-refractivity contribution < 1.29 is 19.5 Å². The second-order valence-corrected chi connectivity index (χ2v) is 4.97. The highest BCUT2D eigenvalue weighted by atomic mass is 16.4. The molecule has 3 aliphatic rings. The number of Topliss-reactive ketones (excluding diaryl/α,β-unsaturated/α-hetero) is 1. The summed E-state index contributed by atoms with van der Waals surface area (Å²) in [5.74, 6) is -1.57. The number of amides is 1. The van der Waals surface area contributed by atoms with Gasteiger partial charge in [-0.05, 0) is 12.8 Å². The number of carboxylic acids is 1. The van der Waals surface area contributed by atoms with E-state index in [2.05, 4.69) is 5.32 Å². The molecule has 0 aromatic carbocycles. The van der Waals surface area contributed by atoms with Gasteiger partial charge in [0.15, 0.2) is 5.78 Å². The van der Waals surface area contributed by atoms with Gasteiger partial charge in [-0.3, -0.25) is 19.3 Å². The Hall–Kier alpha value is -1.85. The van der Waals surface area contributed by atoms with Gasteiger partial charge in [0.2, 0.25) is 5.91 Å². The van der Waals surface area contributed by atoms with Crippen LogP contribution in [0, 0.1) is 11.8 Å². The SMILES string of the molecule is O=C(O)C[C@@H]1C(=O)N2CCNC2=C1C(=O)C1CC1. The van der Waals surface area contributed by atoms with Crippen LogP contribution in [0.4, 0.5) is 0 Å². The van der Waals surface area contributed by atoms with Gasteiger partial charge in [-0.25, -0.2) is 0 Å². The minimum Gasteiger partial charge on any atom is -0.481 e. The van der Waals surface area contributed by atoms with Crippen LogP contribution in [0.3, 0.4) is 0 Å². The molecule has 2 aliphatic heterocycles. The molecule has 0 radical (unpaired) electrons. The standard InChI is InChI=1S/C12H14N2O4/c15-8(16)5-7-9(10(17)6-1-2-6)11-13-3-4-14(11)12(7)18/h6-7,13H,1-5H2,(H,15,16)/t7-/m0/s1. The summed E-state index contributed by atoms with van der Waals surface area (Å²) in [7, 11) is 0. The Kier molecular flexibility index (Phi) is 2.39. The van der Waals surface area contributed by atoms with Crippen molar-refractivity contribution in [3.05, 3.63) is 11.4 Å². The van der Waals surface area contributed by atoms with Gasteiger partial charge < -0.3 is 10.4 Å². The molecule has 1 amide bonds. The van der Waals surface area contributed by atoms with Crippen molar-refractivity contribution in [2.75, 3.05) is 13.1 Å². The van der Waals surface area contributed by atoms with Gasteiger partial charge in [0.1, 0.15) is 5.82 Å². The molecular formula is C12H14N2O4. The number of hydrogen-bond donors (Lipinski definition) is 2. The Bertz CT molecular complexity index is 478. The molecule has 0 unspecified atom stereocenters. The molecule has 0 bridgehead atoms. The van der Waals surface area contributed by atoms with Crippen molar-refractivity contribution in [1.82, 2.24) is 10.2 Å². The van der Waals surface area contributed by atoms with Crippen LogP contribution < -0.4 is 5.32 Å². The lowest BCUT2D eigenvalue weighted by Crippen LogP contribution is -2.29. The number of rotatable bonds is 4. The third-order valence-electron chi connectivity index (χ3n) is 3.66. The number of carbonyl (C=O) groups is 3. The topological polar surface area (TPSA) is 86.7 Å². The number of aliphatic carboxylic acids is 1. The Balaban J connectivity index is 1.96. The Morgan fingerprint density at radius 2 is 2.11 bits per heavy atom. The number of fused-ring (bicyclic) bond motifs is 1. The molecular weight excluding hydrogens is 236 g/mol. The van der Waals surface area contributed by atoms with Gasteiger partial charge in [-0.1, -0.05) is 0 Å². The summed E-state index contributed by atoms with van der Waals surface area (Å²) in [6, 6.07) is 0. The maximum Gasteiger partial charge on any atom is 0.304 e. The molecule has 0 aromatic rings. The van der Waals surface area contributed by atoms with E-state index in [1.165, 1.54) is 4.90 Å². The zero-order valence-electron chi connectivity index (χ0n) is 9.81. The Morgan fingerprint density at radius 3 is 2.72 bits per heavy atom. The van der Waals surface area contributed by atoms with Crippen molar-refractivity contribution in [3.63, 3.8) is 0 Å². The minimum atomic E-state index is -1.05. The molecule has 18 heavy (non-hydrogen) atoms. The number of nitrogens with zero attached hydrogens (tertiary/aromatic N) is 1. The van der Waals surface area contributed by atoms with E-state index in [4.69, 9.17) is 5.11 Å². The van der Waals surface area contributed by atoms with Crippen LogP contribution >= 0.6 is 0 Å². The number of hydrogen-bond acceptors (Lipinski definition) is 4. The van der Waals surface area contributed by atoms with Crippen LogP contribution in [-0.2, 0) is 14.4 Å². The Labute approximate surface area is 104 Å². The molecule has 6 nitrogen and oxygen atoms in total. The lowest BCUT2D eigenvalue weighted by molar-refractivity contribution is -0.141. The second-order valence-electron chi connectivity index (χ2n) is 4.97. The van der Waals surface area contributed by atoms with Crippen molar-refractivity contribution in [2.45, 2.75) is 19.3 Å². The molecule has 0 aromatic heterocycles. The van der Waals surface area contributed by atoms with Crippen molar-refractivity contribution in [3.8, 4) is 0 Å². The first-order chi connectivity index (χ1) is 8.59. The normalized spacial score (nSPS) is 26.3. The molecule has 96 valence electrons. The number of carbonyl (C=O) groups excluding carboxylic acids is 2. The maximum absolute atomic E-state index is 12.2. The summed E-state index contributed by atoms with van der Waals surface area (Å²) in [4.78, 5) is 36.7. The lowest BCUT2D eigenvalue weighted by Gasteiger charge is -2.11. The summed E-state index contributed by atoms with van der Waals surface area (Å²) in [5, 5.41) is 11.9. The summed E-state index contributed by atoms with van der Waals surface area (Å²) in [6.07, 6.45) is 1.40. The van der Waals surface area contributed by atoms with Gasteiger partial charge in [-0.15, -0.1) is 0 Å². The molecule has 1 saturated heterocycles. The fraction of sp³-hybridized carbons (Fsp3) is 0.583. The fourth-order valence-corrected chi connectivity index (χ4v) is 2.65. The van der Waals surface area contributed by atoms with Gasteiger partial charge in [0, 0.05) is 24.6 Å². The molecule has 2 N–H and O–H groups in total. The van der Waals surface area contributed by atoms with Gasteiger partial charge in [0.25, 0.3) is 0 Å². The number of ketones is 1. The smallest absolute Gasteiger partial charge is 0.304 e. The monoisotopic (exact) mass is 250 g/mol. The van der Waals surface area contributed by atoms with Crippen LogP contribution in [0.2, 0.25) is 0 Å². The molecule has 1 atom stereocenters. The summed E-state index contributed by atoms with van der Waals surface area (Å²) >= 11 is 0. The van der Waals surface area contributed by atoms with Crippen molar-refractivity contribution in [2.24, 2.45) is 11.8 Å².